The third kappa shape index (κ3) is 2.76. The van der Waals surface area contributed by atoms with E-state index in [0.717, 1.165) is 10.0 Å². The van der Waals surface area contributed by atoms with E-state index in [0.29, 0.717) is 24.6 Å². The summed E-state index contributed by atoms with van der Waals surface area (Å²) in [7, 11) is 0. The lowest BCUT2D eigenvalue weighted by atomic mass is 9.83. The van der Waals surface area contributed by atoms with Gasteiger partial charge in [-0.2, -0.15) is 4.98 Å². The van der Waals surface area contributed by atoms with Gasteiger partial charge >= 0.3 is 5.97 Å². The van der Waals surface area contributed by atoms with Crippen LogP contribution >= 0.6 is 15.9 Å². The van der Waals surface area contributed by atoms with Crippen LogP contribution < -0.4 is 0 Å². The topological polar surface area (TPSA) is 76.2 Å². The minimum atomic E-state index is -0.829. The van der Waals surface area contributed by atoms with Gasteiger partial charge in [-0.1, -0.05) is 45.4 Å². The first-order chi connectivity index (χ1) is 10.2. The fraction of sp³-hybridized carbons (Fsp3) is 0.267. The van der Waals surface area contributed by atoms with E-state index in [1.54, 1.807) is 0 Å². The van der Waals surface area contributed by atoms with Gasteiger partial charge < -0.3 is 9.63 Å². The van der Waals surface area contributed by atoms with Crippen molar-refractivity contribution in [3.05, 3.63) is 46.8 Å². The number of aliphatic carboxylic acids is 1. The highest BCUT2D eigenvalue weighted by Gasteiger charge is 2.34. The lowest BCUT2D eigenvalue weighted by Crippen LogP contribution is -2.23. The zero-order valence-electron chi connectivity index (χ0n) is 11.1. The number of rotatable bonds is 3. The molecule has 108 valence electrons. The number of halogens is 1. The van der Waals surface area contributed by atoms with Crippen molar-refractivity contribution in [2.75, 3.05) is 0 Å². The number of carbonyl (C=O) groups is 1. The Morgan fingerprint density at radius 1 is 1.29 bits per heavy atom. The van der Waals surface area contributed by atoms with Crippen molar-refractivity contribution in [2.24, 2.45) is 5.92 Å². The lowest BCUT2D eigenvalue weighted by Gasteiger charge is -2.21. The molecule has 0 unspecified atom stereocenters. The predicted molar refractivity (Wildman–Crippen MR) is 79.7 cm³/mol. The van der Waals surface area contributed by atoms with Crippen LogP contribution in [0.5, 0.6) is 0 Å². The Morgan fingerprint density at radius 2 is 2.05 bits per heavy atom. The lowest BCUT2D eigenvalue weighted by molar-refractivity contribution is -0.142. The predicted octanol–water partition coefficient (Wildman–Crippen LogP) is 3.63. The van der Waals surface area contributed by atoms with Gasteiger partial charge in [-0.3, -0.25) is 4.79 Å². The SMILES string of the molecule is O=C(O)[C@H]1CC=CC[C@H]1c1nc(-c2ccccc2Br)no1. The van der Waals surface area contributed by atoms with Crippen molar-refractivity contribution in [1.82, 2.24) is 10.1 Å². The van der Waals surface area contributed by atoms with Crippen molar-refractivity contribution in [3.63, 3.8) is 0 Å². The minimum Gasteiger partial charge on any atom is -0.481 e. The molecule has 2 aromatic rings. The molecule has 5 nitrogen and oxygen atoms in total. The number of carboxylic acids is 1. The first kappa shape index (κ1) is 14.0. The number of allylic oxidation sites excluding steroid dienone is 2. The van der Waals surface area contributed by atoms with E-state index in [-0.39, 0.29) is 5.92 Å². The van der Waals surface area contributed by atoms with Gasteiger partial charge in [0.15, 0.2) is 0 Å². The summed E-state index contributed by atoms with van der Waals surface area (Å²) in [5, 5.41) is 13.3. The number of benzene rings is 1. The summed E-state index contributed by atoms with van der Waals surface area (Å²) >= 11 is 3.45. The smallest absolute Gasteiger partial charge is 0.307 e. The van der Waals surface area contributed by atoms with Crippen molar-refractivity contribution in [1.29, 1.82) is 0 Å². The third-order valence-corrected chi connectivity index (χ3v) is 4.31. The van der Waals surface area contributed by atoms with Gasteiger partial charge in [0.1, 0.15) is 0 Å². The number of nitrogens with zero attached hydrogens (tertiary/aromatic N) is 2. The van der Waals surface area contributed by atoms with Crippen molar-refractivity contribution < 1.29 is 14.4 Å². The van der Waals surface area contributed by atoms with Crippen LogP contribution in [-0.4, -0.2) is 21.2 Å². The van der Waals surface area contributed by atoms with Gasteiger partial charge in [-0.25, -0.2) is 0 Å². The quantitative estimate of drug-likeness (QED) is 0.857. The van der Waals surface area contributed by atoms with E-state index in [1.807, 2.05) is 36.4 Å². The van der Waals surface area contributed by atoms with Crippen LogP contribution in [0.4, 0.5) is 0 Å². The molecule has 6 heteroatoms. The van der Waals surface area contributed by atoms with Gasteiger partial charge in [0, 0.05) is 10.0 Å². The first-order valence-corrected chi connectivity index (χ1v) is 7.42. The first-order valence-electron chi connectivity index (χ1n) is 6.63. The molecule has 1 N–H and O–H groups in total. The Hall–Kier alpha value is -1.95. The fourth-order valence-corrected chi connectivity index (χ4v) is 2.96. The molecule has 0 bridgehead atoms. The second-order valence-electron chi connectivity index (χ2n) is 4.93. The molecule has 21 heavy (non-hydrogen) atoms. The van der Waals surface area contributed by atoms with Crippen LogP contribution in [0.3, 0.4) is 0 Å². The number of carboxylic acid groups (broad SMARTS) is 1. The molecule has 0 aliphatic heterocycles. The van der Waals surface area contributed by atoms with E-state index in [1.165, 1.54) is 0 Å². The molecule has 1 aliphatic rings. The average molecular weight is 349 g/mol. The van der Waals surface area contributed by atoms with Gasteiger partial charge in [0.2, 0.25) is 11.7 Å². The normalized spacial score (nSPS) is 21.4. The summed E-state index contributed by atoms with van der Waals surface area (Å²) in [6, 6.07) is 7.57. The number of hydrogen-bond donors (Lipinski definition) is 1. The molecule has 0 radical (unpaired) electrons. The second-order valence-corrected chi connectivity index (χ2v) is 5.78. The second kappa shape index (κ2) is 5.81. The van der Waals surface area contributed by atoms with Crippen molar-refractivity contribution >= 4 is 21.9 Å². The van der Waals surface area contributed by atoms with Crippen molar-refractivity contribution in [2.45, 2.75) is 18.8 Å². The molecule has 0 saturated carbocycles. The summed E-state index contributed by atoms with van der Waals surface area (Å²) < 4.78 is 6.19. The molecule has 1 aromatic heterocycles. The standard InChI is InChI=1S/C15H13BrN2O3/c16-12-8-4-3-7-11(12)13-17-14(21-18-13)9-5-1-2-6-10(9)15(19)20/h1-4,7-10H,5-6H2,(H,19,20)/t9-,10+/m1/s1. The monoisotopic (exact) mass is 348 g/mol. The highest BCUT2D eigenvalue weighted by molar-refractivity contribution is 9.10. The van der Waals surface area contributed by atoms with Gasteiger partial charge in [-0.15, -0.1) is 0 Å². The van der Waals surface area contributed by atoms with E-state index in [2.05, 4.69) is 26.1 Å². The Kier molecular flexibility index (Phi) is 3.88. The molecule has 3 rings (SSSR count). The third-order valence-electron chi connectivity index (χ3n) is 3.62. The maximum absolute atomic E-state index is 11.3. The maximum atomic E-state index is 11.3. The summed E-state index contributed by atoms with van der Waals surface area (Å²) in [5.41, 5.74) is 0.825. The molecule has 0 saturated heterocycles. The van der Waals surface area contributed by atoms with Gasteiger partial charge in [0.25, 0.3) is 0 Å². The average Bonchev–Trinajstić information content (AvgIpc) is 2.97. The summed E-state index contributed by atoms with van der Waals surface area (Å²) in [6.45, 7) is 0. The molecular weight excluding hydrogens is 336 g/mol. The zero-order valence-corrected chi connectivity index (χ0v) is 12.7. The molecule has 2 atom stereocenters. The summed E-state index contributed by atoms with van der Waals surface area (Å²) in [4.78, 5) is 15.7. The molecule has 1 aromatic carbocycles. The summed E-state index contributed by atoms with van der Waals surface area (Å²) in [5.74, 6) is -0.752. The van der Waals surface area contributed by atoms with Crippen LogP contribution in [0.1, 0.15) is 24.7 Å². The fourth-order valence-electron chi connectivity index (χ4n) is 2.50. The Morgan fingerprint density at radius 3 is 2.81 bits per heavy atom. The van der Waals surface area contributed by atoms with E-state index >= 15 is 0 Å². The minimum absolute atomic E-state index is 0.267. The van der Waals surface area contributed by atoms with Gasteiger partial charge in [0.05, 0.1) is 11.8 Å². The van der Waals surface area contributed by atoms with E-state index < -0.39 is 11.9 Å². The molecular formula is C15H13BrN2O3. The van der Waals surface area contributed by atoms with E-state index in [9.17, 15) is 9.90 Å². The van der Waals surface area contributed by atoms with Gasteiger partial charge in [-0.05, 0) is 25.0 Å². The molecule has 0 spiro atoms. The zero-order chi connectivity index (χ0) is 14.8. The van der Waals surface area contributed by atoms with Crippen LogP contribution in [0, 0.1) is 5.92 Å². The highest BCUT2D eigenvalue weighted by Crippen LogP contribution is 2.35. The molecule has 0 fully saturated rings. The number of hydrogen-bond acceptors (Lipinski definition) is 4. The Balaban J connectivity index is 1.93. The van der Waals surface area contributed by atoms with Crippen molar-refractivity contribution in [3.8, 4) is 11.4 Å². The largest absolute Gasteiger partial charge is 0.481 e. The van der Waals surface area contributed by atoms with Crippen LogP contribution in [0.25, 0.3) is 11.4 Å². The van der Waals surface area contributed by atoms with E-state index in [4.69, 9.17) is 4.52 Å². The molecule has 1 heterocycles. The number of aromatic nitrogens is 2. The Bertz CT molecular complexity index is 696. The highest BCUT2D eigenvalue weighted by atomic mass is 79.9. The van der Waals surface area contributed by atoms with Crippen LogP contribution in [-0.2, 0) is 4.79 Å². The van der Waals surface area contributed by atoms with Crippen LogP contribution in [0.2, 0.25) is 0 Å². The molecule has 1 aliphatic carbocycles. The Labute approximate surface area is 129 Å². The summed E-state index contributed by atoms with van der Waals surface area (Å²) in [6.07, 6.45) is 4.95. The molecule has 0 amide bonds. The maximum Gasteiger partial charge on any atom is 0.307 e. The van der Waals surface area contributed by atoms with Crippen LogP contribution in [0.15, 0.2) is 45.4 Å².